The van der Waals surface area contributed by atoms with E-state index in [0.29, 0.717) is 0 Å². The summed E-state index contributed by atoms with van der Waals surface area (Å²) in [7, 11) is 2.01. The van der Waals surface area contributed by atoms with Gasteiger partial charge in [0, 0.05) is 6.54 Å². The molecular weight excluding hydrogens is 222 g/mol. The van der Waals surface area contributed by atoms with Crippen LogP contribution in [0.15, 0.2) is 0 Å². The molecule has 0 amide bonds. The van der Waals surface area contributed by atoms with Gasteiger partial charge in [-0.3, -0.25) is 4.90 Å². The van der Waals surface area contributed by atoms with Crippen LogP contribution < -0.4 is 0 Å². The van der Waals surface area contributed by atoms with E-state index in [1.54, 1.807) is 0 Å². The number of hydrogen-bond acceptors (Lipinski definition) is 2. The summed E-state index contributed by atoms with van der Waals surface area (Å²) in [5, 5.41) is 9.96. The summed E-state index contributed by atoms with van der Waals surface area (Å²) in [6.07, 6.45) is 8.67. The topological polar surface area (TPSA) is 23.5 Å². The molecule has 1 N–H and O–H groups in total. The van der Waals surface area contributed by atoms with Gasteiger partial charge < -0.3 is 5.11 Å². The number of nitrogens with zero attached hydrogens (tertiary/aromatic N) is 1. The summed E-state index contributed by atoms with van der Waals surface area (Å²) in [4.78, 5) is 2.06. The van der Waals surface area contributed by atoms with Gasteiger partial charge in [0.05, 0.1) is 0 Å². The molecule has 0 aliphatic heterocycles. The number of halogens is 1. The van der Waals surface area contributed by atoms with Gasteiger partial charge in [0.1, 0.15) is 5.72 Å². The lowest BCUT2D eigenvalue weighted by molar-refractivity contribution is -0.0824. The van der Waals surface area contributed by atoms with Crippen molar-refractivity contribution in [3.8, 4) is 0 Å². The van der Waals surface area contributed by atoms with E-state index in [0.717, 1.165) is 13.0 Å². The second kappa shape index (κ2) is 10.4. The maximum atomic E-state index is 9.96. The van der Waals surface area contributed by atoms with E-state index in [2.05, 4.69) is 11.8 Å². The number of hydrogen-bond donors (Lipinski definition) is 1. The lowest BCUT2D eigenvalue weighted by atomic mass is 10.1. The Bertz CT molecular complexity index is 151. The Labute approximate surface area is 108 Å². The van der Waals surface area contributed by atoms with Crippen LogP contribution in [0.2, 0.25) is 0 Å². The van der Waals surface area contributed by atoms with Crippen molar-refractivity contribution in [1.29, 1.82) is 0 Å². The van der Waals surface area contributed by atoms with Gasteiger partial charge in [0.2, 0.25) is 0 Å². The van der Waals surface area contributed by atoms with Crippen LogP contribution in [0.4, 0.5) is 0 Å². The van der Waals surface area contributed by atoms with Crippen molar-refractivity contribution in [3.05, 3.63) is 0 Å². The molecule has 100 valence electrons. The Kier molecular flexibility index (Phi) is 12.0. The van der Waals surface area contributed by atoms with Crippen LogP contribution >= 0.6 is 12.4 Å². The van der Waals surface area contributed by atoms with Crippen LogP contribution in [0.5, 0.6) is 0 Å². The lowest BCUT2D eigenvalue weighted by Gasteiger charge is -2.33. The van der Waals surface area contributed by atoms with E-state index < -0.39 is 5.72 Å². The maximum Gasteiger partial charge on any atom is 0.115 e. The van der Waals surface area contributed by atoms with Crippen molar-refractivity contribution in [1.82, 2.24) is 4.90 Å². The molecule has 0 heterocycles. The smallest absolute Gasteiger partial charge is 0.115 e. The van der Waals surface area contributed by atoms with Crippen LogP contribution in [0.25, 0.3) is 0 Å². The van der Waals surface area contributed by atoms with Crippen LogP contribution in [-0.4, -0.2) is 29.3 Å². The van der Waals surface area contributed by atoms with E-state index in [4.69, 9.17) is 0 Å². The summed E-state index contributed by atoms with van der Waals surface area (Å²) < 4.78 is 0. The van der Waals surface area contributed by atoms with Gasteiger partial charge in [-0.05, 0) is 26.8 Å². The summed E-state index contributed by atoms with van der Waals surface area (Å²) >= 11 is 0. The molecule has 0 spiro atoms. The lowest BCUT2D eigenvalue weighted by Crippen LogP contribution is -2.43. The summed E-state index contributed by atoms with van der Waals surface area (Å²) in [5.74, 6) is 0. The van der Waals surface area contributed by atoms with Gasteiger partial charge in [0.25, 0.3) is 0 Å². The van der Waals surface area contributed by atoms with E-state index in [1.807, 2.05) is 20.9 Å². The highest BCUT2D eigenvalue weighted by atomic mass is 35.5. The second-order valence-electron chi connectivity index (χ2n) is 4.76. The molecule has 0 aromatic rings. The molecule has 0 aromatic carbocycles. The number of rotatable bonds is 9. The summed E-state index contributed by atoms with van der Waals surface area (Å²) in [5.41, 5.74) is -0.622. The molecule has 0 saturated carbocycles. The number of unbranched alkanes of at least 4 members (excludes halogenated alkanes) is 5. The molecule has 0 rings (SSSR count). The van der Waals surface area contributed by atoms with Gasteiger partial charge in [-0.1, -0.05) is 46.0 Å². The van der Waals surface area contributed by atoms with Crippen molar-refractivity contribution in [2.24, 2.45) is 0 Å². The van der Waals surface area contributed by atoms with Crippen LogP contribution in [0.3, 0.4) is 0 Å². The van der Waals surface area contributed by atoms with Crippen molar-refractivity contribution >= 4 is 12.4 Å². The normalized spacial score (nSPS) is 14.6. The van der Waals surface area contributed by atoms with E-state index >= 15 is 0 Å². The highest BCUT2D eigenvalue weighted by Crippen LogP contribution is 2.14. The van der Waals surface area contributed by atoms with Crippen LogP contribution in [-0.2, 0) is 0 Å². The van der Waals surface area contributed by atoms with Crippen molar-refractivity contribution in [2.45, 2.75) is 71.4 Å². The average Bonchev–Trinajstić information content (AvgIpc) is 2.22. The van der Waals surface area contributed by atoms with Crippen LogP contribution in [0, 0.1) is 0 Å². The molecule has 0 saturated heterocycles. The van der Waals surface area contributed by atoms with Gasteiger partial charge in [-0.15, -0.1) is 12.4 Å². The number of aliphatic hydroxyl groups is 1. The fourth-order valence-corrected chi connectivity index (χ4v) is 1.64. The summed E-state index contributed by atoms with van der Waals surface area (Å²) in [6.45, 7) is 7.17. The Morgan fingerprint density at radius 2 is 1.50 bits per heavy atom. The Balaban J connectivity index is 0. The molecule has 0 aliphatic rings. The first-order valence-electron chi connectivity index (χ1n) is 6.48. The zero-order valence-electron chi connectivity index (χ0n) is 11.5. The summed E-state index contributed by atoms with van der Waals surface area (Å²) in [6, 6.07) is 0. The molecule has 16 heavy (non-hydrogen) atoms. The van der Waals surface area contributed by atoms with E-state index in [1.165, 1.54) is 38.5 Å². The molecule has 0 bridgehead atoms. The third-order valence-electron chi connectivity index (χ3n) is 3.34. The molecule has 1 unspecified atom stereocenters. The molecule has 1 atom stereocenters. The zero-order valence-corrected chi connectivity index (χ0v) is 12.3. The molecule has 0 aromatic heterocycles. The maximum absolute atomic E-state index is 9.96. The predicted octanol–water partition coefficient (Wildman–Crippen LogP) is 3.82. The monoisotopic (exact) mass is 251 g/mol. The van der Waals surface area contributed by atoms with E-state index in [9.17, 15) is 5.11 Å². The molecule has 0 aliphatic carbocycles. The fraction of sp³-hybridized carbons (Fsp3) is 1.00. The first-order chi connectivity index (χ1) is 7.04. The Morgan fingerprint density at radius 3 is 2.00 bits per heavy atom. The Morgan fingerprint density at radius 1 is 1.00 bits per heavy atom. The fourth-order valence-electron chi connectivity index (χ4n) is 1.64. The quantitative estimate of drug-likeness (QED) is 0.498. The predicted molar refractivity (Wildman–Crippen MR) is 74.2 cm³/mol. The third-order valence-corrected chi connectivity index (χ3v) is 3.34. The molecule has 0 radical (unpaired) electrons. The van der Waals surface area contributed by atoms with Gasteiger partial charge in [-0.25, -0.2) is 0 Å². The van der Waals surface area contributed by atoms with Crippen molar-refractivity contribution in [2.75, 3.05) is 13.6 Å². The van der Waals surface area contributed by atoms with Crippen LogP contribution in [0.1, 0.15) is 65.7 Å². The standard InChI is InChI=1S/C13H29NO.ClH/c1-5-7-8-9-10-11-12-14(4)13(3,15)6-2;/h15H,5-12H2,1-4H3;1H. The van der Waals surface area contributed by atoms with Gasteiger partial charge in [0.15, 0.2) is 0 Å². The van der Waals surface area contributed by atoms with E-state index in [-0.39, 0.29) is 12.4 Å². The molecule has 0 fully saturated rings. The molecular formula is C13H30ClNO. The minimum atomic E-state index is -0.622. The first kappa shape index (κ1) is 18.6. The van der Waals surface area contributed by atoms with Crippen molar-refractivity contribution in [3.63, 3.8) is 0 Å². The largest absolute Gasteiger partial charge is 0.376 e. The van der Waals surface area contributed by atoms with Crippen molar-refractivity contribution < 1.29 is 5.11 Å². The average molecular weight is 252 g/mol. The Hall–Kier alpha value is 0.210. The minimum absolute atomic E-state index is 0. The highest BCUT2D eigenvalue weighted by molar-refractivity contribution is 5.85. The minimum Gasteiger partial charge on any atom is -0.376 e. The second-order valence-corrected chi connectivity index (χ2v) is 4.76. The van der Waals surface area contributed by atoms with Gasteiger partial charge >= 0.3 is 0 Å². The molecule has 3 heteroatoms. The van der Waals surface area contributed by atoms with Gasteiger partial charge in [-0.2, -0.15) is 0 Å². The highest BCUT2D eigenvalue weighted by Gasteiger charge is 2.22. The first-order valence-corrected chi connectivity index (χ1v) is 6.48. The zero-order chi connectivity index (χ0) is 11.7. The third kappa shape index (κ3) is 8.37. The SMILES string of the molecule is CCCCCCCCN(C)C(C)(O)CC.Cl. The molecule has 2 nitrogen and oxygen atoms in total.